The third-order valence-corrected chi connectivity index (χ3v) is 3.31. The van der Waals surface area contributed by atoms with Gasteiger partial charge in [-0.1, -0.05) is 23.4 Å². The normalized spacial score (nSPS) is 10.4. The van der Waals surface area contributed by atoms with Crippen molar-refractivity contribution in [2.24, 2.45) is 0 Å². The Morgan fingerprint density at radius 3 is 2.67 bits per heavy atom. The van der Waals surface area contributed by atoms with Crippen molar-refractivity contribution >= 4 is 17.6 Å². The van der Waals surface area contributed by atoms with E-state index in [0.29, 0.717) is 36.7 Å². The maximum Gasteiger partial charge on any atom is 0.254 e. The Kier molecular flexibility index (Phi) is 6.51. The highest BCUT2D eigenvalue weighted by atomic mass is 16.5. The number of carbonyl (C=O) groups is 2. The highest BCUT2D eigenvalue weighted by Gasteiger charge is 2.19. The van der Waals surface area contributed by atoms with Crippen LogP contribution in [-0.2, 0) is 9.53 Å². The lowest BCUT2D eigenvalue weighted by Crippen LogP contribution is -2.39. The highest BCUT2D eigenvalue weighted by molar-refractivity contribution is 5.99. The van der Waals surface area contributed by atoms with Crippen LogP contribution in [0.1, 0.15) is 22.5 Å². The number of methoxy groups -OCH3 is 1. The van der Waals surface area contributed by atoms with Crippen LogP contribution < -0.4 is 5.32 Å². The van der Waals surface area contributed by atoms with Gasteiger partial charge in [-0.25, -0.2) is 0 Å². The molecular formula is C17H21N3O4. The summed E-state index contributed by atoms with van der Waals surface area (Å²) in [6, 6.07) is 10.5. The topological polar surface area (TPSA) is 84.7 Å². The number of amides is 2. The van der Waals surface area contributed by atoms with E-state index in [0.717, 1.165) is 0 Å². The summed E-state index contributed by atoms with van der Waals surface area (Å²) in [6.07, 6.45) is 0.644. The number of ether oxygens (including phenoxy) is 1. The lowest BCUT2D eigenvalue weighted by atomic mass is 10.2. The molecule has 1 aromatic carbocycles. The Balaban J connectivity index is 2.02. The van der Waals surface area contributed by atoms with Crippen molar-refractivity contribution in [1.29, 1.82) is 0 Å². The van der Waals surface area contributed by atoms with Gasteiger partial charge in [-0.2, -0.15) is 0 Å². The van der Waals surface area contributed by atoms with Crippen LogP contribution in [0.5, 0.6) is 0 Å². The summed E-state index contributed by atoms with van der Waals surface area (Å²) < 4.78 is 9.92. The maximum absolute atomic E-state index is 12.6. The van der Waals surface area contributed by atoms with Gasteiger partial charge in [0.1, 0.15) is 12.3 Å². The second-order valence-corrected chi connectivity index (χ2v) is 5.31. The fourth-order valence-corrected chi connectivity index (χ4v) is 2.20. The number of carbonyl (C=O) groups excluding carboxylic acids is 2. The standard InChI is InChI=1S/C17H21N3O4/c1-13-11-15(19-24-13)18-16(21)12-20(9-6-10-23-2)17(22)14-7-4-3-5-8-14/h3-5,7-8,11H,6,9-10,12H2,1-2H3,(H,18,19,21). The lowest BCUT2D eigenvalue weighted by Gasteiger charge is -2.22. The molecule has 1 aromatic heterocycles. The van der Waals surface area contributed by atoms with Crippen LogP contribution in [-0.4, -0.2) is 48.7 Å². The van der Waals surface area contributed by atoms with Crippen LogP contribution in [0.15, 0.2) is 40.9 Å². The molecule has 0 spiro atoms. The van der Waals surface area contributed by atoms with Gasteiger partial charge in [0.2, 0.25) is 5.91 Å². The number of nitrogens with one attached hydrogen (secondary N) is 1. The van der Waals surface area contributed by atoms with E-state index >= 15 is 0 Å². The van der Waals surface area contributed by atoms with Crippen LogP contribution in [0, 0.1) is 6.92 Å². The second-order valence-electron chi connectivity index (χ2n) is 5.31. The van der Waals surface area contributed by atoms with Crippen molar-refractivity contribution in [3.8, 4) is 0 Å². The van der Waals surface area contributed by atoms with E-state index in [1.807, 2.05) is 6.07 Å². The van der Waals surface area contributed by atoms with Gasteiger partial charge in [0.25, 0.3) is 5.91 Å². The molecule has 0 saturated carbocycles. The van der Waals surface area contributed by atoms with Gasteiger partial charge in [-0.05, 0) is 25.5 Å². The molecule has 1 N–H and O–H groups in total. The van der Waals surface area contributed by atoms with Crippen LogP contribution >= 0.6 is 0 Å². The molecule has 0 aliphatic rings. The molecule has 0 radical (unpaired) electrons. The van der Waals surface area contributed by atoms with Crippen LogP contribution in [0.2, 0.25) is 0 Å². The van der Waals surface area contributed by atoms with Gasteiger partial charge >= 0.3 is 0 Å². The molecule has 0 saturated heterocycles. The quantitative estimate of drug-likeness (QED) is 0.749. The Hall–Kier alpha value is -2.67. The Labute approximate surface area is 140 Å². The predicted molar refractivity (Wildman–Crippen MR) is 88.7 cm³/mol. The van der Waals surface area contributed by atoms with E-state index in [-0.39, 0.29) is 18.4 Å². The number of rotatable bonds is 8. The molecule has 0 bridgehead atoms. The number of hydrogen-bond donors (Lipinski definition) is 1. The molecule has 0 fully saturated rings. The third-order valence-electron chi connectivity index (χ3n) is 3.31. The minimum absolute atomic E-state index is 0.0661. The molecule has 2 amide bonds. The van der Waals surface area contributed by atoms with Crippen molar-refractivity contribution in [1.82, 2.24) is 10.1 Å². The predicted octanol–water partition coefficient (Wildman–Crippen LogP) is 2.10. The molecule has 0 aliphatic heterocycles. The van der Waals surface area contributed by atoms with Gasteiger partial charge in [0, 0.05) is 31.9 Å². The molecule has 7 heteroatoms. The fraction of sp³-hybridized carbons (Fsp3) is 0.353. The minimum Gasteiger partial charge on any atom is -0.385 e. The molecule has 24 heavy (non-hydrogen) atoms. The van der Waals surface area contributed by atoms with Crippen molar-refractivity contribution in [3.05, 3.63) is 47.7 Å². The average Bonchev–Trinajstić information content (AvgIpc) is 2.99. The Bertz CT molecular complexity index is 669. The average molecular weight is 331 g/mol. The van der Waals surface area contributed by atoms with Crippen molar-refractivity contribution in [2.75, 3.05) is 32.1 Å². The Morgan fingerprint density at radius 1 is 1.29 bits per heavy atom. The molecule has 7 nitrogen and oxygen atoms in total. The zero-order valence-corrected chi connectivity index (χ0v) is 13.8. The fourth-order valence-electron chi connectivity index (χ4n) is 2.20. The van der Waals surface area contributed by atoms with Gasteiger partial charge in [0.15, 0.2) is 5.82 Å². The van der Waals surface area contributed by atoms with Gasteiger partial charge in [-0.3, -0.25) is 9.59 Å². The summed E-state index contributed by atoms with van der Waals surface area (Å²) in [5, 5.41) is 6.33. The molecule has 0 aliphatic carbocycles. The number of hydrogen-bond acceptors (Lipinski definition) is 5. The van der Waals surface area contributed by atoms with Gasteiger partial charge < -0.3 is 19.5 Å². The lowest BCUT2D eigenvalue weighted by molar-refractivity contribution is -0.117. The first kappa shape index (κ1) is 17.7. The van der Waals surface area contributed by atoms with Crippen LogP contribution in [0.25, 0.3) is 0 Å². The van der Waals surface area contributed by atoms with Crippen molar-refractivity contribution < 1.29 is 18.8 Å². The van der Waals surface area contributed by atoms with Crippen LogP contribution in [0.3, 0.4) is 0 Å². The van der Waals surface area contributed by atoms with E-state index in [4.69, 9.17) is 9.26 Å². The summed E-state index contributed by atoms with van der Waals surface area (Å²) >= 11 is 0. The smallest absolute Gasteiger partial charge is 0.254 e. The first-order chi connectivity index (χ1) is 11.6. The van der Waals surface area contributed by atoms with Gasteiger partial charge in [-0.15, -0.1) is 0 Å². The highest BCUT2D eigenvalue weighted by Crippen LogP contribution is 2.09. The van der Waals surface area contributed by atoms with E-state index in [9.17, 15) is 9.59 Å². The largest absolute Gasteiger partial charge is 0.385 e. The molecule has 0 atom stereocenters. The number of benzene rings is 1. The first-order valence-electron chi connectivity index (χ1n) is 7.66. The van der Waals surface area contributed by atoms with E-state index in [2.05, 4.69) is 10.5 Å². The number of aryl methyl sites for hydroxylation is 1. The number of nitrogens with zero attached hydrogens (tertiary/aromatic N) is 2. The van der Waals surface area contributed by atoms with E-state index < -0.39 is 0 Å². The SMILES string of the molecule is COCCCN(CC(=O)Nc1cc(C)on1)C(=O)c1ccccc1. The number of aromatic nitrogens is 1. The second kappa shape index (κ2) is 8.83. The summed E-state index contributed by atoms with van der Waals surface area (Å²) in [5.74, 6) is 0.410. The van der Waals surface area contributed by atoms with E-state index in [1.54, 1.807) is 44.4 Å². The first-order valence-corrected chi connectivity index (χ1v) is 7.66. The summed E-state index contributed by atoms with van der Waals surface area (Å²) in [6.45, 7) is 2.61. The van der Waals surface area contributed by atoms with Gasteiger partial charge in [0.05, 0.1) is 0 Å². The Morgan fingerprint density at radius 2 is 2.04 bits per heavy atom. The molecular weight excluding hydrogens is 310 g/mol. The molecule has 128 valence electrons. The van der Waals surface area contributed by atoms with Crippen LogP contribution in [0.4, 0.5) is 5.82 Å². The minimum atomic E-state index is -0.329. The molecule has 0 unspecified atom stereocenters. The zero-order valence-electron chi connectivity index (χ0n) is 13.8. The summed E-state index contributed by atoms with van der Waals surface area (Å²) in [5.41, 5.74) is 0.542. The summed E-state index contributed by atoms with van der Waals surface area (Å²) in [4.78, 5) is 26.3. The molecule has 1 heterocycles. The van der Waals surface area contributed by atoms with Crippen molar-refractivity contribution in [3.63, 3.8) is 0 Å². The number of anilines is 1. The third kappa shape index (κ3) is 5.20. The molecule has 2 rings (SSSR count). The van der Waals surface area contributed by atoms with Crippen molar-refractivity contribution in [2.45, 2.75) is 13.3 Å². The summed E-state index contributed by atoms with van der Waals surface area (Å²) in [7, 11) is 1.60. The zero-order chi connectivity index (χ0) is 17.4. The maximum atomic E-state index is 12.6. The van der Waals surface area contributed by atoms with E-state index in [1.165, 1.54) is 4.90 Å². The molecule has 2 aromatic rings. The monoisotopic (exact) mass is 331 g/mol.